The Balaban J connectivity index is 2.88. The monoisotopic (exact) mass is 141 g/mol. The molecule has 0 heterocycles. The molecule has 0 unspecified atom stereocenters. The number of hydrogen-bond acceptors (Lipinski definition) is 1. The van der Waals surface area contributed by atoms with Gasteiger partial charge in [0.2, 0.25) is 0 Å². The summed E-state index contributed by atoms with van der Waals surface area (Å²) in [4.78, 5) is 0. The zero-order valence-corrected chi connectivity index (χ0v) is 6.81. The Labute approximate surface area is 64.1 Å². The van der Waals surface area contributed by atoms with Crippen molar-refractivity contribution in [1.29, 1.82) is 0 Å². The zero-order valence-electron chi connectivity index (χ0n) is 6.81. The Morgan fingerprint density at radius 1 is 1.30 bits per heavy atom. The largest absolute Gasteiger partial charge is 0.375 e. The zero-order chi connectivity index (χ0) is 7.66. The maximum Gasteiger partial charge on any atom is 0.0704 e. The summed E-state index contributed by atoms with van der Waals surface area (Å²) < 4.78 is 4.61. The van der Waals surface area contributed by atoms with Gasteiger partial charge in [-0.05, 0) is 12.8 Å². The maximum atomic E-state index is 4.61. The normalized spacial score (nSPS) is 11.0. The van der Waals surface area contributed by atoms with Crippen molar-refractivity contribution in [1.82, 2.24) is 0 Å². The molecule has 0 aromatic heterocycles. The highest BCUT2D eigenvalue weighted by Gasteiger charge is 1.80. The molecule has 59 valence electrons. The second kappa shape index (κ2) is 8.70. The van der Waals surface area contributed by atoms with Crippen LogP contribution in [0.5, 0.6) is 0 Å². The third-order valence-electron chi connectivity index (χ3n) is 1.36. The van der Waals surface area contributed by atoms with Crippen molar-refractivity contribution in [2.24, 2.45) is 0 Å². The number of allylic oxidation sites excluding steroid dienone is 1. The van der Waals surface area contributed by atoms with Crippen LogP contribution in [0.4, 0.5) is 0 Å². The van der Waals surface area contributed by atoms with Crippen molar-refractivity contribution in [3.05, 3.63) is 19.3 Å². The quantitative estimate of drug-likeness (QED) is 0.408. The lowest BCUT2D eigenvalue weighted by Crippen LogP contribution is -1.77. The van der Waals surface area contributed by atoms with Crippen LogP contribution in [-0.2, 0) is 4.74 Å². The molecule has 0 aromatic rings. The van der Waals surface area contributed by atoms with Crippen molar-refractivity contribution in [3.8, 4) is 0 Å². The Hall–Kier alpha value is -0.300. The van der Waals surface area contributed by atoms with Crippen LogP contribution in [0, 0.1) is 7.11 Å². The summed E-state index contributed by atoms with van der Waals surface area (Å²) in [6.45, 7) is 2.86. The lowest BCUT2D eigenvalue weighted by atomic mass is 10.2. The van der Waals surface area contributed by atoms with Crippen molar-refractivity contribution in [2.75, 3.05) is 6.61 Å². The molecule has 0 saturated heterocycles. The average Bonchev–Trinajstić information content (AvgIpc) is 1.97. The highest BCUT2D eigenvalue weighted by molar-refractivity contribution is 4.80. The Morgan fingerprint density at radius 2 is 2.10 bits per heavy atom. The van der Waals surface area contributed by atoms with Gasteiger partial charge in [0.25, 0.3) is 0 Å². The first-order valence-electron chi connectivity index (χ1n) is 3.93. The van der Waals surface area contributed by atoms with Gasteiger partial charge in [-0.2, -0.15) is 0 Å². The molecule has 0 fully saturated rings. The molecular formula is C9H17O. The molecule has 0 bridgehead atoms. The van der Waals surface area contributed by atoms with E-state index in [1.165, 1.54) is 25.7 Å². The van der Waals surface area contributed by atoms with Crippen molar-refractivity contribution < 1.29 is 4.74 Å². The van der Waals surface area contributed by atoms with Gasteiger partial charge in [0.1, 0.15) is 0 Å². The van der Waals surface area contributed by atoms with Crippen LogP contribution >= 0.6 is 0 Å². The van der Waals surface area contributed by atoms with Gasteiger partial charge < -0.3 is 4.74 Å². The third-order valence-corrected chi connectivity index (χ3v) is 1.36. The molecule has 0 aliphatic heterocycles. The van der Waals surface area contributed by atoms with Crippen LogP contribution in [0.3, 0.4) is 0 Å². The highest BCUT2D eigenvalue weighted by atomic mass is 16.5. The van der Waals surface area contributed by atoms with Gasteiger partial charge in [0, 0.05) is 0 Å². The summed E-state index contributed by atoms with van der Waals surface area (Å²) in [5, 5.41) is 0. The first-order valence-corrected chi connectivity index (χ1v) is 3.93. The van der Waals surface area contributed by atoms with Crippen LogP contribution in [0.25, 0.3) is 0 Å². The summed E-state index contributed by atoms with van der Waals surface area (Å²) >= 11 is 0. The lowest BCUT2D eigenvalue weighted by Gasteiger charge is -1.91. The van der Waals surface area contributed by atoms with Crippen molar-refractivity contribution in [3.63, 3.8) is 0 Å². The summed E-state index contributed by atoms with van der Waals surface area (Å²) in [5.41, 5.74) is 0. The Kier molecular flexibility index (Phi) is 8.44. The first kappa shape index (κ1) is 9.70. The Morgan fingerprint density at radius 3 is 2.70 bits per heavy atom. The van der Waals surface area contributed by atoms with E-state index in [0.717, 1.165) is 0 Å². The topological polar surface area (TPSA) is 9.23 Å². The van der Waals surface area contributed by atoms with Crippen molar-refractivity contribution in [2.45, 2.75) is 32.6 Å². The molecule has 10 heavy (non-hydrogen) atoms. The van der Waals surface area contributed by atoms with Gasteiger partial charge in [0.05, 0.1) is 13.7 Å². The van der Waals surface area contributed by atoms with E-state index in [1.807, 2.05) is 6.08 Å². The molecule has 0 amide bonds. The molecule has 0 spiro atoms. The Bertz CT molecular complexity index is 76.8. The lowest BCUT2D eigenvalue weighted by molar-refractivity contribution is 0.281. The molecule has 1 nitrogen and oxygen atoms in total. The molecule has 0 atom stereocenters. The molecular weight excluding hydrogens is 124 g/mol. The van der Waals surface area contributed by atoms with E-state index in [2.05, 4.69) is 24.8 Å². The predicted octanol–water partition coefficient (Wildman–Crippen LogP) is 2.93. The van der Waals surface area contributed by atoms with E-state index in [0.29, 0.717) is 6.61 Å². The summed E-state index contributed by atoms with van der Waals surface area (Å²) in [5.74, 6) is 0. The van der Waals surface area contributed by atoms with E-state index in [4.69, 9.17) is 0 Å². The van der Waals surface area contributed by atoms with Gasteiger partial charge in [0.15, 0.2) is 0 Å². The van der Waals surface area contributed by atoms with E-state index < -0.39 is 0 Å². The minimum atomic E-state index is 0.645. The van der Waals surface area contributed by atoms with Gasteiger partial charge >= 0.3 is 0 Å². The van der Waals surface area contributed by atoms with Gasteiger partial charge in [-0.3, -0.25) is 0 Å². The molecule has 0 saturated carbocycles. The minimum absolute atomic E-state index is 0.645. The maximum absolute atomic E-state index is 4.61. The SMILES string of the molecule is [CH2]OC/C=C/CCCCC. The van der Waals surface area contributed by atoms with Crippen LogP contribution in [0.2, 0.25) is 0 Å². The second-order valence-electron chi connectivity index (χ2n) is 2.34. The molecule has 0 N–H and O–H groups in total. The molecule has 0 aromatic carbocycles. The summed E-state index contributed by atoms with van der Waals surface area (Å²) in [7, 11) is 3.27. The molecule has 0 aliphatic rings. The average molecular weight is 141 g/mol. The standard InChI is InChI=1S/C9H17O/c1-3-4-5-6-7-8-9-10-2/h7-8H,2-6,9H2,1H3/b8-7+. The fourth-order valence-corrected chi connectivity index (χ4v) is 0.766. The molecule has 1 radical (unpaired) electrons. The smallest absolute Gasteiger partial charge is 0.0704 e. The predicted molar refractivity (Wildman–Crippen MR) is 44.6 cm³/mol. The number of rotatable bonds is 6. The van der Waals surface area contributed by atoms with E-state index >= 15 is 0 Å². The summed E-state index contributed by atoms with van der Waals surface area (Å²) in [6, 6.07) is 0. The minimum Gasteiger partial charge on any atom is -0.375 e. The van der Waals surface area contributed by atoms with Crippen LogP contribution in [0.15, 0.2) is 12.2 Å². The number of ether oxygens (including phenoxy) is 1. The van der Waals surface area contributed by atoms with Crippen LogP contribution < -0.4 is 0 Å². The molecule has 0 rings (SSSR count). The highest BCUT2D eigenvalue weighted by Crippen LogP contribution is 1.98. The van der Waals surface area contributed by atoms with Crippen LogP contribution in [0.1, 0.15) is 32.6 Å². The fourth-order valence-electron chi connectivity index (χ4n) is 0.766. The number of unbranched alkanes of at least 4 members (excludes halogenated alkanes) is 3. The third kappa shape index (κ3) is 7.70. The van der Waals surface area contributed by atoms with E-state index in [9.17, 15) is 0 Å². The number of hydrogen-bond donors (Lipinski definition) is 0. The second-order valence-corrected chi connectivity index (χ2v) is 2.34. The van der Waals surface area contributed by atoms with Crippen LogP contribution in [-0.4, -0.2) is 6.61 Å². The van der Waals surface area contributed by atoms with E-state index in [1.54, 1.807) is 0 Å². The van der Waals surface area contributed by atoms with Gasteiger partial charge in [-0.15, -0.1) is 0 Å². The van der Waals surface area contributed by atoms with Gasteiger partial charge in [-0.1, -0.05) is 31.9 Å². The van der Waals surface area contributed by atoms with E-state index in [-0.39, 0.29) is 0 Å². The molecule has 0 aliphatic carbocycles. The first-order chi connectivity index (χ1) is 4.91. The van der Waals surface area contributed by atoms with Gasteiger partial charge in [-0.25, -0.2) is 0 Å². The van der Waals surface area contributed by atoms with Crippen molar-refractivity contribution >= 4 is 0 Å². The molecule has 1 heteroatoms. The fraction of sp³-hybridized carbons (Fsp3) is 0.667. The summed E-state index contributed by atoms with van der Waals surface area (Å²) in [6.07, 6.45) is 9.26.